The molecule has 0 heterocycles. The molecule has 0 spiro atoms. The van der Waals surface area contributed by atoms with Gasteiger partial charge in [-0.3, -0.25) is 0 Å². The first-order valence-corrected chi connectivity index (χ1v) is 8.26. The van der Waals surface area contributed by atoms with Crippen molar-refractivity contribution in [2.24, 2.45) is 0 Å². The van der Waals surface area contributed by atoms with E-state index in [2.05, 4.69) is 49.5 Å². The molecule has 2 aromatic rings. The van der Waals surface area contributed by atoms with Crippen LogP contribution in [-0.4, -0.2) is 6.54 Å². The second-order valence-electron chi connectivity index (χ2n) is 4.73. The van der Waals surface area contributed by atoms with E-state index in [0.29, 0.717) is 6.04 Å². The van der Waals surface area contributed by atoms with Gasteiger partial charge in [0.1, 0.15) is 0 Å². The Labute approximate surface area is 130 Å². The van der Waals surface area contributed by atoms with Gasteiger partial charge in [0.15, 0.2) is 0 Å². The highest BCUT2D eigenvalue weighted by Gasteiger charge is 2.04. The van der Waals surface area contributed by atoms with E-state index in [1.807, 2.05) is 30.0 Å². The van der Waals surface area contributed by atoms with Gasteiger partial charge >= 0.3 is 0 Å². The van der Waals surface area contributed by atoms with Crippen LogP contribution in [0.3, 0.4) is 0 Å². The summed E-state index contributed by atoms with van der Waals surface area (Å²) in [4.78, 5) is 1.28. The monoisotopic (exact) mass is 305 g/mol. The summed E-state index contributed by atoms with van der Waals surface area (Å²) in [5.74, 6) is 0.905. The topological polar surface area (TPSA) is 12.0 Å². The number of halogens is 1. The van der Waals surface area contributed by atoms with Crippen molar-refractivity contribution in [1.29, 1.82) is 0 Å². The van der Waals surface area contributed by atoms with Crippen molar-refractivity contribution in [3.63, 3.8) is 0 Å². The summed E-state index contributed by atoms with van der Waals surface area (Å²) in [6.45, 7) is 5.31. The fourth-order valence-electron chi connectivity index (χ4n) is 2.05. The molecule has 1 unspecified atom stereocenters. The Kier molecular flexibility index (Phi) is 5.96. The van der Waals surface area contributed by atoms with E-state index in [1.165, 1.54) is 16.0 Å². The first-order valence-electron chi connectivity index (χ1n) is 6.90. The molecule has 0 aliphatic rings. The van der Waals surface area contributed by atoms with Crippen LogP contribution in [0, 0.1) is 0 Å². The molecule has 3 heteroatoms. The normalized spacial score (nSPS) is 12.3. The van der Waals surface area contributed by atoms with E-state index in [1.54, 1.807) is 0 Å². The standard InChI is InChI=1S/C17H20ClNS/c1-3-19-13(2)14-8-10-16(11-9-14)20-12-15-6-4-5-7-17(15)18/h4-11,13,19H,3,12H2,1-2H3. The number of nitrogens with one attached hydrogen (secondary N) is 1. The van der Waals surface area contributed by atoms with Crippen LogP contribution in [0.5, 0.6) is 0 Å². The maximum atomic E-state index is 6.17. The Morgan fingerprint density at radius 1 is 1.10 bits per heavy atom. The lowest BCUT2D eigenvalue weighted by molar-refractivity contribution is 0.598. The van der Waals surface area contributed by atoms with Crippen molar-refractivity contribution >= 4 is 23.4 Å². The zero-order chi connectivity index (χ0) is 14.4. The molecule has 1 nitrogen and oxygen atoms in total. The molecule has 20 heavy (non-hydrogen) atoms. The van der Waals surface area contributed by atoms with Crippen molar-refractivity contribution in [2.75, 3.05) is 6.54 Å². The van der Waals surface area contributed by atoms with E-state index in [-0.39, 0.29) is 0 Å². The quantitative estimate of drug-likeness (QED) is 0.727. The van der Waals surface area contributed by atoms with E-state index < -0.39 is 0 Å². The van der Waals surface area contributed by atoms with Gasteiger partial charge in [0.25, 0.3) is 0 Å². The predicted octanol–water partition coefficient (Wildman–Crippen LogP) is 5.30. The van der Waals surface area contributed by atoms with E-state index >= 15 is 0 Å². The Bertz CT molecular complexity index is 539. The minimum absolute atomic E-state index is 0.405. The maximum absolute atomic E-state index is 6.17. The molecule has 0 bridgehead atoms. The molecule has 106 valence electrons. The molecule has 0 amide bonds. The number of hydrogen-bond donors (Lipinski definition) is 1. The maximum Gasteiger partial charge on any atom is 0.0446 e. The third-order valence-corrected chi connectivity index (χ3v) is 4.67. The number of hydrogen-bond acceptors (Lipinski definition) is 2. The molecular formula is C17H20ClNS. The second kappa shape index (κ2) is 7.72. The van der Waals surface area contributed by atoms with Crippen LogP contribution in [-0.2, 0) is 5.75 Å². The van der Waals surface area contributed by atoms with Gasteiger partial charge in [-0.2, -0.15) is 0 Å². The van der Waals surface area contributed by atoms with Crippen LogP contribution in [0.1, 0.15) is 31.0 Å². The fourth-order valence-corrected chi connectivity index (χ4v) is 3.24. The average molecular weight is 306 g/mol. The average Bonchev–Trinajstić information content (AvgIpc) is 2.47. The van der Waals surface area contributed by atoms with Crippen LogP contribution in [0.4, 0.5) is 0 Å². The van der Waals surface area contributed by atoms with Crippen molar-refractivity contribution in [3.8, 4) is 0 Å². The lowest BCUT2D eigenvalue weighted by atomic mass is 10.1. The zero-order valence-electron chi connectivity index (χ0n) is 11.9. The smallest absolute Gasteiger partial charge is 0.0446 e. The summed E-state index contributed by atoms with van der Waals surface area (Å²) >= 11 is 7.99. The van der Waals surface area contributed by atoms with Gasteiger partial charge in [-0.25, -0.2) is 0 Å². The van der Waals surface area contributed by atoms with Gasteiger partial charge in [-0.05, 0) is 42.8 Å². The van der Waals surface area contributed by atoms with Crippen molar-refractivity contribution < 1.29 is 0 Å². The second-order valence-corrected chi connectivity index (χ2v) is 6.18. The van der Waals surface area contributed by atoms with Gasteiger partial charge in [0.2, 0.25) is 0 Å². The summed E-state index contributed by atoms with van der Waals surface area (Å²) in [6.07, 6.45) is 0. The van der Waals surface area contributed by atoms with E-state index in [0.717, 1.165) is 17.3 Å². The molecule has 0 aromatic heterocycles. The van der Waals surface area contributed by atoms with E-state index in [4.69, 9.17) is 11.6 Å². The Balaban J connectivity index is 1.96. The summed E-state index contributed by atoms with van der Waals surface area (Å²) in [5.41, 5.74) is 2.51. The third kappa shape index (κ3) is 4.27. The molecule has 0 fully saturated rings. The molecular weight excluding hydrogens is 286 g/mol. The molecule has 2 rings (SSSR count). The van der Waals surface area contributed by atoms with Gasteiger partial charge in [0.05, 0.1) is 0 Å². The van der Waals surface area contributed by atoms with Gasteiger partial charge < -0.3 is 5.32 Å². The third-order valence-electron chi connectivity index (χ3n) is 3.24. The minimum atomic E-state index is 0.405. The summed E-state index contributed by atoms with van der Waals surface area (Å²) in [7, 11) is 0. The highest BCUT2D eigenvalue weighted by Crippen LogP contribution is 2.27. The summed E-state index contributed by atoms with van der Waals surface area (Å²) < 4.78 is 0. The molecule has 0 radical (unpaired) electrons. The molecule has 1 atom stereocenters. The van der Waals surface area contributed by atoms with Crippen molar-refractivity contribution in [1.82, 2.24) is 5.32 Å². The molecule has 2 aromatic carbocycles. The SMILES string of the molecule is CCNC(C)c1ccc(SCc2ccccc2Cl)cc1. The number of benzene rings is 2. The van der Waals surface area contributed by atoms with Gasteiger partial charge in [0, 0.05) is 21.7 Å². The van der Waals surface area contributed by atoms with Crippen LogP contribution in [0.25, 0.3) is 0 Å². The molecule has 0 aliphatic carbocycles. The molecule has 0 saturated carbocycles. The predicted molar refractivity (Wildman–Crippen MR) is 89.5 cm³/mol. The van der Waals surface area contributed by atoms with Gasteiger partial charge in [-0.15, -0.1) is 11.8 Å². The Hall–Kier alpha value is -0.960. The van der Waals surface area contributed by atoms with Crippen LogP contribution >= 0.6 is 23.4 Å². The zero-order valence-corrected chi connectivity index (χ0v) is 13.5. The lowest BCUT2D eigenvalue weighted by Gasteiger charge is -2.13. The highest BCUT2D eigenvalue weighted by atomic mass is 35.5. The molecule has 0 saturated heterocycles. The van der Waals surface area contributed by atoms with E-state index in [9.17, 15) is 0 Å². The first-order chi connectivity index (χ1) is 9.70. The van der Waals surface area contributed by atoms with Crippen LogP contribution < -0.4 is 5.32 Å². The lowest BCUT2D eigenvalue weighted by Crippen LogP contribution is -2.17. The first kappa shape index (κ1) is 15.4. The van der Waals surface area contributed by atoms with Crippen molar-refractivity contribution in [2.45, 2.75) is 30.5 Å². The van der Waals surface area contributed by atoms with Crippen LogP contribution in [0.2, 0.25) is 5.02 Å². The molecule has 1 N–H and O–H groups in total. The Morgan fingerprint density at radius 2 is 1.80 bits per heavy atom. The van der Waals surface area contributed by atoms with Crippen LogP contribution in [0.15, 0.2) is 53.4 Å². The van der Waals surface area contributed by atoms with Gasteiger partial charge in [-0.1, -0.05) is 48.9 Å². The summed E-state index contributed by atoms with van der Waals surface area (Å²) in [6, 6.07) is 17.2. The fraction of sp³-hybridized carbons (Fsp3) is 0.294. The highest BCUT2D eigenvalue weighted by molar-refractivity contribution is 7.98. The summed E-state index contributed by atoms with van der Waals surface area (Å²) in [5, 5.41) is 4.27. The molecule has 0 aliphatic heterocycles. The Morgan fingerprint density at radius 3 is 2.45 bits per heavy atom. The number of thioether (sulfide) groups is 1. The number of rotatable bonds is 6. The van der Waals surface area contributed by atoms with Crippen molar-refractivity contribution in [3.05, 3.63) is 64.7 Å². The largest absolute Gasteiger partial charge is 0.310 e. The minimum Gasteiger partial charge on any atom is -0.310 e.